The van der Waals surface area contributed by atoms with Crippen molar-refractivity contribution < 1.29 is 19.7 Å². The third-order valence-corrected chi connectivity index (χ3v) is 4.72. The molecule has 2 heterocycles. The van der Waals surface area contributed by atoms with Gasteiger partial charge in [-0.25, -0.2) is 4.79 Å². The SMILES string of the molecule is CCCc1cc2c(=O)c(-c3ccccn3)coc2cc1OC(=O)[C@H]([NH3+])CC(C)C. The van der Waals surface area contributed by atoms with E-state index in [1.165, 1.54) is 6.26 Å². The van der Waals surface area contributed by atoms with Gasteiger partial charge in [-0.3, -0.25) is 9.78 Å². The van der Waals surface area contributed by atoms with E-state index in [1.54, 1.807) is 30.5 Å². The van der Waals surface area contributed by atoms with Crippen molar-refractivity contribution in [2.45, 2.75) is 46.1 Å². The van der Waals surface area contributed by atoms with Crippen molar-refractivity contribution in [1.82, 2.24) is 4.98 Å². The molecule has 0 fully saturated rings. The number of nitrogens with zero attached hydrogens (tertiary/aromatic N) is 1. The van der Waals surface area contributed by atoms with Crippen LogP contribution in [-0.4, -0.2) is 17.0 Å². The maximum absolute atomic E-state index is 13.0. The van der Waals surface area contributed by atoms with E-state index in [1.807, 2.05) is 26.8 Å². The molecule has 0 aliphatic carbocycles. The minimum absolute atomic E-state index is 0.157. The van der Waals surface area contributed by atoms with Gasteiger partial charge in [0.2, 0.25) is 5.43 Å². The molecular formula is C23H27N2O4+. The Hall–Kier alpha value is -2.99. The van der Waals surface area contributed by atoms with E-state index < -0.39 is 6.04 Å². The zero-order chi connectivity index (χ0) is 21.0. The molecule has 6 nitrogen and oxygen atoms in total. The lowest BCUT2D eigenvalue weighted by Crippen LogP contribution is -2.66. The van der Waals surface area contributed by atoms with Crippen LogP contribution in [0.4, 0.5) is 0 Å². The number of fused-ring (bicyclic) bond motifs is 1. The third-order valence-electron chi connectivity index (χ3n) is 4.72. The summed E-state index contributed by atoms with van der Waals surface area (Å²) >= 11 is 0. The number of aryl methyl sites for hydroxylation is 1. The second kappa shape index (κ2) is 9.01. The first kappa shape index (κ1) is 20.7. The molecule has 6 heteroatoms. The monoisotopic (exact) mass is 395 g/mol. The highest BCUT2D eigenvalue weighted by molar-refractivity contribution is 5.85. The van der Waals surface area contributed by atoms with Crippen LogP contribution in [0.5, 0.6) is 5.75 Å². The van der Waals surface area contributed by atoms with Crippen molar-refractivity contribution in [1.29, 1.82) is 0 Å². The van der Waals surface area contributed by atoms with Crippen molar-refractivity contribution >= 4 is 16.9 Å². The van der Waals surface area contributed by atoms with E-state index in [0.717, 1.165) is 12.0 Å². The highest BCUT2D eigenvalue weighted by Gasteiger charge is 2.23. The summed E-state index contributed by atoms with van der Waals surface area (Å²) in [5, 5.41) is 0.449. The molecule has 0 aliphatic rings. The molecule has 0 saturated heterocycles. The summed E-state index contributed by atoms with van der Waals surface area (Å²) in [6, 6.07) is 8.33. The number of ether oxygens (including phenoxy) is 1. The summed E-state index contributed by atoms with van der Waals surface area (Å²) in [5.41, 5.74) is 5.90. The van der Waals surface area contributed by atoms with E-state index in [9.17, 15) is 9.59 Å². The smallest absolute Gasteiger partial charge is 0.370 e. The molecule has 1 aromatic carbocycles. The Balaban J connectivity index is 2.03. The Kier molecular flexibility index (Phi) is 6.44. The van der Waals surface area contributed by atoms with Gasteiger partial charge in [-0.15, -0.1) is 0 Å². The van der Waals surface area contributed by atoms with Gasteiger partial charge in [0.25, 0.3) is 0 Å². The van der Waals surface area contributed by atoms with E-state index in [2.05, 4.69) is 10.7 Å². The first-order valence-electron chi connectivity index (χ1n) is 9.95. The Labute approximate surface area is 169 Å². The minimum atomic E-state index is -0.446. The highest BCUT2D eigenvalue weighted by atomic mass is 16.5. The van der Waals surface area contributed by atoms with Crippen LogP contribution in [0.3, 0.4) is 0 Å². The van der Waals surface area contributed by atoms with Crippen LogP contribution in [0.2, 0.25) is 0 Å². The van der Waals surface area contributed by atoms with Gasteiger partial charge in [-0.05, 0) is 36.1 Å². The van der Waals surface area contributed by atoms with Crippen molar-refractivity contribution in [2.24, 2.45) is 5.92 Å². The standard InChI is InChI=1S/C23H26N2O4/c1-4-7-15-11-16-21(12-20(15)29-23(27)18(24)10-14(2)3)28-13-17(22(16)26)19-8-5-6-9-25-19/h5-6,8-9,11-14,18H,4,7,10,24H2,1-3H3/p+1/t18-/m1/s1. The second-order valence-corrected chi connectivity index (χ2v) is 7.65. The number of aromatic nitrogens is 1. The van der Waals surface area contributed by atoms with Gasteiger partial charge in [0.05, 0.1) is 16.6 Å². The number of pyridine rings is 1. The van der Waals surface area contributed by atoms with Gasteiger partial charge in [-0.1, -0.05) is 33.3 Å². The normalized spacial score (nSPS) is 12.3. The summed E-state index contributed by atoms with van der Waals surface area (Å²) in [4.78, 5) is 29.7. The molecule has 2 aromatic heterocycles. The zero-order valence-corrected chi connectivity index (χ0v) is 17.1. The molecule has 1 atom stereocenters. The summed E-state index contributed by atoms with van der Waals surface area (Å²) in [7, 11) is 0. The van der Waals surface area contributed by atoms with Crippen LogP contribution in [0.1, 0.15) is 39.2 Å². The number of rotatable bonds is 7. The van der Waals surface area contributed by atoms with E-state index in [0.29, 0.717) is 46.7 Å². The lowest BCUT2D eigenvalue weighted by molar-refractivity contribution is -0.409. The Morgan fingerprint density at radius 2 is 2.07 bits per heavy atom. The lowest BCUT2D eigenvalue weighted by atomic mass is 10.0. The van der Waals surface area contributed by atoms with Crippen LogP contribution in [0, 0.1) is 5.92 Å². The van der Waals surface area contributed by atoms with Gasteiger partial charge >= 0.3 is 5.97 Å². The molecule has 0 spiro atoms. The molecule has 0 amide bonds. The van der Waals surface area contributed by atoms with Gasteiger partial charge in [0.1, 0.15) is 17.6 Å². The maximum Gasteiger partial charge on any atom is 0.370 e. The fourth-order valence-electron chi connectivity index (χ4n) is 3.32. The van der Waals surface area contributed by atoms with Crippen molar-refractivity contribution in [3.63, 3.8) is 0 Å². The van der Waals surface area contributed by atoms with Crippen LogP contribution < -0.4 is 15.9 Å². The molecule has 3 N–H and O–H groups in total. The number of benzene rings is 1. The molecule has 29 heavy (non-hydrogen) atoms. The van der Waals surface area contributed by atoms with Crippen molar-refractivity contribution in [3.05, 3.63) is 58.6 Å². The lowest BCUT2D eigenvalue weighted by Gasteiger charge is -2.14. The Morgan fingerprint density at radius 1 is 1.28 bits per heavy atom. The average Bonchev–Trinajstić information content (AvgIpc) is 2.69. The fraction of sp³-hybridized carbons (Fsp3) is 0.348. The Morgan fingerprint density at radius 3 is 2.72 bits per heavy atom. The second-order valence-electron chi connectivity index (χ2n) is 7.65. The molecule has 0 radical (unpaired) electrons. The van der Waals surface area contributed by atoms with Gasteiger partial charge in [-0.2, -0.15) is 0 Å². The van der Waals surface area contributed by atoms with Crippen molar-refractivity contribution in [3.8, 4) is 17.0 Å². The molecular weight excluding hydrogens is 368 g/mol. The number of hydrogen-bond acceptors (Lipinski definition) is 5. The predicted octanol–water partition coefficient (Wildman–Crippen LogP) is 3.37. The molecule has 0 saturated carbocycles. The van der Waals surface area contributed by atoms with Crippen LogP contribution in [0.25, 0.3) is 22.2 Å². The average molecular weight is 395 g/mol. The minimum Gasteiger partial charge on any atom is -0.463 e. The predicted molar refractivity (Wildman–Crippen MR) is 111 cm³/mol. The van der Waals surface area contributed by atoms with Crippen molar-refractivity contribution in [2.75, 3.05) is 0 Å². The number of hydrogen-bond donors (Lipinski definition) is 1. The van der Waals surface area contributed by atoms with Gasteiger partial charge in [0.15, 0.2) is 6.04 Å². The summed E-state index contributed by atoms with van der Waals surface area (Å²) in [5.74, 6) is 0.401. The van der Waals surface area contributed by atoms with Crippen LogP contribution in [0.15, 0.2) is 52.0 Å². The van der Waals surface area contributed by atoms with E-state index >= 15 is 0 Å². The van der Waals surface area contributed by atoms with Gasteiger partial charge in [0, 0.05) is 18.7 Å². The summed E-state index contributed by atoms with van der Waals surface area (Å²) in [6.45, 7) is 6.11. The van der Waals surface area contributed by atoms with Crippen LogP contribution in [-0.2, 0) is 11.2 Å². The van der Waals surface area contributed by atoms with Crippen LogP contribution >= 0.6 is 0 Å². The molecule has 3 aromatic rings. The molecule has 3 rings (SSSR count). The summed E-state index contributed by atoms with van der Waals surface area (Å²) in [6.07, 6.45) is 5.22. The van der Waals surface area contributed by atoms with Gasteiger partial charge < -0.3 is 14.9 Å². The number of quaternary nitrogens is 1. The van der Waals surface area contributed by atoms with E-state index in [-0.39, 0.29) is 11.4 Å². The quantitative estimate of drug-likeness (QED) is 0.489. The molecule has 0 aliphatic heterocycles. The largest absolute Gasteiger partial charge is 0.463 e. The fourth-order valence-corrected chi connectivity index (χ4v) is 3.32. The summed E-state index contributed by atoms with van der Waals surface area (Å²) < 4.78 is 11.4. The van der Waals surface area contributed by atoms with E-state index in [4.69, 9.17) is 9.15 Å². The number of carbonyl (C=O) groups excluding carboxylic acids is 1. The highest BCUT2D eigenvalue weighted by Crippen LogP contribution is 2.28. The Bertz CT molecular complexity index is 1060. The third kappa shape index (κ3) is 4.71. The molecule has 152 valence electrons. The molecule has 0 bridgehead atoms. The maximum atomic E-state index is 13.0. The number of carbonyl (C=O) groups is 1. The first-order chi connectivity index (χ1) is 13.9. The zero-order valence-electron chi connectivity index (χ0n) is 17.1. The topological polar surface area (TPSA) is 97.0 Å². The molecule has 0 unspecified atom stereocenters. The first-order valence-corrected chi connectivity index (χ1v) is 9.95. The number of esters is 1.